The number of benzene rings is 1. The van der Waals surface area contributed by atoms with Crippen LogP contribution in [0, 0.1) is 5.41 Å². The molecule has 2 saturated heterocycles. The zero-order chi connectivity index (χ0) is 22.3. The van der Waals surface area contributed by atoms with Gasteiger partial charge in [0.1, 0.15) is 5.69 Å². The van der Waals surface area contributed by atoms with Crippen LogP contribution in [0.5, 0.6) is 0 Å². The molecule has 2 aliphatic rings. The van der Waals surface area contributed by atoms with Crippen molar-refractivity contribution in [3.05, 3.63) is 66.6 Å². The molecule has 1 unspecified atom stereocenters. The second kappa shape index (κ2) is 7.97. The lowest BCUT2D eigenvalue weighted by molar-refractivity contribution is 0.0771. The van der Waals surface area contributed by atoms with E-state index in [1.54, 1.807) is 12.4 Å². The first-order chi connectivity index (χ1) is 16.2. The zero-order valence-electron chi connectivity index (χ0n) is 18.2. The maximum absolute atomic E-state index is 13.1. The summed E-state index contributed by atoms with van der Waals surface area (Å²) in [6.45, 7) is 3.73. The van der Waals surface area contributed by atoms with Crippen LogP contribution in [-0.4, -0.2) is 56.9 Å². The van der Waals surface area contributed by atoms with Gasteiger partial charge in [0.15, 0.2) is 0 Å². The molecule has 3 aromatic heterocycles. The Kier molecular flexibility index (Phi) is 4.80. The minimum Gasteiger partial charge on any atom is -0.351 e. The molecule has 1 aromatic carbocycles. The Morgan fingerprint density at radius 3 is 2.85 bits per heavy atom. The molecule has 1 spiro atoms. The number of H-pyrrole nitrogens is 1. The normalized spacial score (nSPS) is 20.1. The van der Waals surface area contributed by atoms with Crippen molar-refractivity contribution in [3.8, 4) is 11.4 Å². The molecular weight excluding hydrogens is 414 g/mol. The van der Waals surface area contributed by atoms with Crippen molar-refractivity contribution >= 4 is 28.4 Å². The predicted molar refractivity (Wildman–Crippen MR) is 127 cm³/mol. The third kappa shape index (κ3) is 3.82. The first-order valence-electron chi connectivity index (χ1n) is 11.3. The Morgan fingerprint density at radius 1 is 1.03 bits per heavy atom. The molecular formula is C25H25N7O. The van der Waals surface area contributed by atoms with E-state index >= 15 is 0 Å². The highest BCUT2D eigenvalue weighted by Crippen LogP contribution is 2.36. The van der Waals surface area contributed by atoms with Crippen LogP contribution in [-0.2, 0) is 0 Å². The van der Waals surface area contributed by atoms with E-state index in [1.165, 1.54) is 0 Å². The molecule has 0 saturated carbocycles. The molecule has 0 aliphatic carbocycles. The molecule has 5 heterocycles. The quantitative estimate of drug-likeness (QED) is 0.450. The number of pyridine rings is 1. The summed E-state index contributed by atoms with van der Waals surface area (Å²) in [5, 5.41) is 7.69. The summed E-state index contributed by atoms with van der Waals surface area (Å²) in [7, 11) is 0. The summed E-state index contributed by atoms with van der Waals surface area (Å²) in [5.41, 5.74) is 4.24. The molecule has 6 rings (SSSR count). The van der Waals surface area contributed by atoms with Crippen LogP contribution >= 0.6 is 0 Å². The summed E-state index contributed by atoms with van der Waals surface area (Å²) in [6.07, 6.45) is 5.70. The van der Waals surface area contributed by atoms with Gasteiger partial charge < -0.3 is 20.5 Å². The smallest absolute Gasteiger partial charge is 0.270 e. The summed E-state index contributed by atoms with van der Waals surface area (Å²) in [5.74, 6) is 0.577. The van der Waals surface area contributed by atoms with Gasteiger partial charge in [0.2, 0.25) is 5.95 Å². The van der Waals surface area contributed by atoms with Crippen molar-refractivity contribution in [1.82, 2.24) is 30.2 Å². The van der Waals surface area contributed by atoms with Crippen LogP contribution in [0.1, 0.15) is 23.3 Å². The fraction of sp³-hybridized carbons (Fsp3) is 0.280. The molecule has 8 nitrogen and oxygen atoms in total. The molecule has 1 atom stereocenters. The topological polar surface area (TPSA) is 98.8 Å². The van der Waals surface area contributed by atoms with Gasteiger partial charge in [0.25, 0.3) is 5.91 Å². The fourth-order valence-electron chi connectivity index (χ4n) is 4.95. The molecule has 166 valence electrons. The second-order valence-electron chi connectivity index (χ2n) is 8.99. The van der Waals surface area contributed by atoms with E-state index in [0.717, 1.165) is 67.0 Å². The van der Waals surface area contributed by atoms with Gasteiger partial charge in [-0.1, -0.05) is 6.07 Å². The molecule has 2 aliphatic heterocycles. The fourth-order valence-corrected chi connectivity index (χ4v) is 4.95. The highest BCUT2D eigenvalue weighted by Gasteiger charge is 2.42. The highest BCUT2D eigenvalue weighted by atomic mass is 16.2. The number of hydrogen-bond donors (Lipinski definition) is 3. The van der Waals surface area contributed by atoms with E-state index in [1.807, 2.05) is 53.4 Å². The average Bonchev–Trinajstić information content (AvgIpc) is 3.60. The highest BCUT2D eigenvalue weighted by molar-refractivity contribution is 5.99. The standard InChI is InChI=1S/C25H25N7O/c33-23(32-12-8-25(16-32)7-11-26-15-25)22-14-17-13-18(4-5-19(17)30-22)29-24-28-10-6-21(31-24)20-3-1-2-9-27-20/h1-6,9-10,13-14,26,30H,7-8,11-12,15-16H2,(H,28,29,31). The van der Waals surface area contributed by atoms with Crippen molar-refractivity contribution in [2.45, 2.75) is 12.8 Å². The number of likely N-dealkylation sites (tertiary alicyclic amines) is 1. The number of nitrogens with one attached hydrogen (secondary N) is 3. The van der Waals surface area contributed by atoms with Crippen molar-refractivity contribution in [2.75, 3.05) is 31.5 Å². The van der Waals surface area contributed by atoms with Crippen LogP contribution < -0.4 is 10.6 Å². The summed E-state index contributed by atoms with van der Waals surface area (Å²) in [4.78, 5) is 31.7. The molecule has 4 aromatic rings. The minimum absolute atomic E-state index is 0.0795. The maximum atomic E-state index is 13.1. The maximum Gasteiger partial charge on any atom is 0.270 e. The van der Waals surface area contributed by atoms with Gasteiger partial charge in [0.05, 0.1) is 11.4 Å². The molecule has 3 N–H and O–H groups in total. The van der Waals surface area contributed by atoms with Crippen molar-refractivity contribution in [3.63, 3.8) is 0 Å². The molecule has 2 fully saturated rings. The predicted octanol–water partition coefficient (Wildman–Crippen LogP) is 3.59. The van der Waals surface area contributed by atoms with Gasteiger partial charge in [-0.2, -0.15) is 0 Å². The lowest BCUT2D eigenvalue weighted by atomic mass is 9.87. The van der Waals surface area contributed by atoms with Gasteiger partial charge in [-0.15, -0.1) is 0 Å². The minimum atomic E-state index is 0.0795. The van der Waals surface area contributed by atoms with Crippen molar-refractivity contribution in [2.24, 2.45) is 5.41 Å². The molecule has 33 heavy (non-hydrogen) atoms. The van der Waals surface area contributed by atoms with E-state index < -0.39 is 0 Å². The number of carbonyl (C=O) groups is 1. The number of aromatic amines is 1. The van der Waals surface area contributed by atoms with Gasteiger partial charge in [-0.3, -0.25) is 9.78 Å². The number of nitrogens with zero attached hydrogens (tertiary/aromatic N) is 4. The van der Waals surface area contributed by atoms with E-state index in [4.69, 9.17) is 0 Å². The number of carbonyl (C=O) groups excluding carboxylic acids is 1. The lowest BCUT2D eigenvalue weighted by Gasteiger charge is -2.22. The van der Waals surface area contributed by atoms with Crippen LogP contribution in [0.15, 0.2) is 60.9 Å². The Balaban J connectivity index is 1.21. The second-order valence-corrected chi connectivity index (χ2v) is 8.99. The van der Waals surface area contributed by atoms with Gasteiger partial charge >= 0.3 is 0 Å². The Hall–Kier alpha value is -3.78. The van der Waals surface area contributed by atoms with Crippen molar-refractivity contribution < 1.29 is 4.79 Å². The average molecular weight is 440 g/mol. The van der Waals surface area contributed by atoms with Crippen molar-refractivity contribution in [1.29, 1.82) is 0 Å². The van der Waals surface area contributed by atoms with Gasteiger partial charge in [0, 0.05) is 54.0 Å². The van der Waals surface area contributed by atoms with Crippen LogP contribution in [0.25, 0.3) is 22.3 Å². The van der Waals surface area contributed by atoms with E-state index in [0.29, 0.717) is 11.6 Å². The largest absolute Gasteiger partial charge is 0.351 e. The SMILES string of the molecule is O=C(c1cc2cc(Nc3nccc(-c4ccccn4)n3)ccc2[nH]1)N1CCC2(CCNC2)C1. The number of hydrogen-bond acceptors (Lipinski definition) is 6. The third-order valence-electron chi connectivity index (χ3n) is 6.75. The van der Waals surface area contributed by atoms with Crippen LogP contribution in [0.2, 0.25) is 0 Å². The van der Waals surface area contributed by atoms with E-state index in [-0.39, 0.29) is 11.3 Å². The van der Waals surface area contributed by atoms with E-state index in [2.05, 4.69) is 30.6 Å². The van der Waals surface area contributed by atoms with Gasteiger partial charge in [-0.05, 0) is 61.9 Å². The first kappa shape index (κ1) is 19.9. The van der Waals surface area contributed by atoms with E-state index in [9.17, 15) is 4.79 Å². The first-order valence-corrected chi connectivity index (χ1v) is 11.3. The van der Waals surface area contributed by atoms with Gasteiger partial charge in [-0.25, -0.2) is 9.97 Å². The van der Waals surface area contributed by atoms with Crippen LogP contribution in [0.4, 0.5) is 11.6 Å². The molecule has 0 radical (unpaired) electrons. The monoisotopic (exact) mass is 439 g/mol. The lowest BCUT2D eigenvalue weighted by Crippen LogP contribution is -2.33. The summed E-state index contributed by atoms with van der Waals surface area (Å²) >= 11 is 0. The number of anilines is 2. The number of rotatable bonds is 4. The Labute approximate surface area is 191 Å². The summed E-state index contributed by atoms with van der Waals surface area (Å²) < 4.78 is 0. The molecule has 0 bridgehead atoms. The number of aromatic nitrogens is 4. The molecule has 1 amide bonds. The molecule has 8 heteroatoms. The Bertz CT molecular complexity index is 1310. The zero-order valence-corrected chi connectivity index (χ0v) is 18.2. The number of fused-ring (bicyclic) bond motifs is 1. The summed E-state index contributed by atoms with van der Waals surface area (Å²) in [6, 6.07) is 15.4. The third-order valence-corrected chi connectivity index (χ3v) is 6.75. The Morgan fingerprint density at radius 2 is 2.00 bits per heavy atom. The number of amides is 1. The van der Waals surface area contributed by atoms with Crippen LogP contribution in [0.3, 0.4) is 0 Å².